The van der Waals surface area contributed by atoms with Crippen LogP contribution in [0.5, 0.6) is 0 Å². The Kier molecular flexibility index (Phi) is 12.0. The Balaban J connectivity index is 1.01. The lowest BCUT2D eigenvalue weighted by molar-refractivity contribution is -0.139. The largest absolute Gasteiger partial charge is 0.339 e. The van der Waals surface area contributed by atoms with Crippen molar-refractivity contribution in [2.24, 2.45) is 0 Å². The van der Waals surface area contributed by atoms with Crippen LogP contribution < -0.4 is 0 Å². The second kappa shape index (κ2) is 15.9. The molecule has 14 heteroatoms. The van der Waals surface area contributed by atoms with Crippen LogP contribution >= 0.6 is 71.2 Å². The summed E-state index contributed by atoms with van der Waals surface area (Å²) >= 11 is 25.8. The van der Waals surface area contributed by atoms with Crippen molar-refractivity contribution in [3.05, 3.63) is 79.5 Å². The van der Waals surface area contributed by atoms with E-state index < -0.39 is 0 Å². The minimum Gasteiger partial charge on any atom is -0.339 e. The number of rotatable bonds is 10. The molecular weight excluding hydrogens is 704 g/mol. The van der Waals surface area contributed by atoms with Crippen LogP contribution in [0.1, 0.15) is 36.8 Å². The van der Waals surface area contributed by atoms with Gasteiger partial charge in [0.05, 0.1) is 9.81 Å². The number of thioether (sulfide) groups is 2. The Morgan fingerprint density at radius 1 is 0.674 bits per heavy atom. The van der Waals surface area contributed by atoms with Crippen LogP contribution in [0, 0.1) is 0 Å². The summed E-state index contributed by atoms with van der Waals surface area (Å²) in [5, 5.41) is 1.11. The minimum absolute atomic E-state index is 0.0108. The Bertz CT molecular complexity index is 1520. The van der Waals surface area contributed by atoms with Crippen LogP contribution in [0.4, 0.5) is 0 Å². The third-order valence-electron chi connectivity index (χ3n) is 7.66. The second-order valence-electron chi connectivity index (χ2n) is 10.7. The van der Waals surface area contributed by atoms with Crippen LogP contribution in [0.15, 0.2) is 58.3 Å². The predicted molar refractivity (Wildman–Crippen MR) is 194 cm³/mol. The molecule has 0 atom stereocenters. The first-order valence-electron chi connectivity index (χ1n) is 14.7. The van der Waals surface area contributed by atoms with Crippen LogP contribution in [0.25, 0.3) is 12.2 Å². The summed E-state index contributed by atoms with van der Waals surface area (Å²) in [7, 11) is 0. The van der Waals surface area contributed by atoms with Crippen molar-refractivity contribution in [3.63, 3.8) is 0 Å². The highest BCUT2D eigenvalue weighted by atomic mass is 35.5. The first-order valence-corrected chi connectivity index (χ1v) is 17.9. The van der Waals surface area contributed by atoms with Gasteiger partial charge in [-0.2, -0.15) is 0 Å². The number of benzene rings is 2. The van der Waals surface area contributed by atoms with Gasteiger partial charge in [-0.25, -0.2) is 0 Å². The average molecular weight is 734 g/mol. The molecule has 2 aromatic carbocycles. The van der Waals surface area contributed by atoms with Crippen molar-refractivity contribution in [1.82, 2.24) is 19.6 Å². The molecule has 4 amide bonds. The third kappa shape index (κ3) is 8.39. The van der Waals surface area contributed by atoms with Gasteiger partial charge in [-0.05, 0) is 48.3 Å². The molecule has 3 aliphatic rings. The van der Waals surface area contributed by atoms with Crippen molar-refractivity contribution in [1.29, 1.82) is 0 Å². The molecule has 3 aliphatic heterocycles. The summed E-state index contributed by atoms with van der Waals surface area (Å²) in [6.07, 6.45) is 5.00. The molecule has 3 saturated heterocycles. The second-order valence-corrected chi connectivity index (χ2v) is 14.8. The highest BCUT2D eigenvalue weighted by Gasteiger charge is 2.33. The van der Waals surface area contributed by atoms with Crippen molar-refractivity contribution in [3.8, 4) is 0 Å². The third-order valence-corrected chi connectivity index (χ3v) is 11.1. The minimum atomic E-state index is -0.182. The van der Waals surface area contributed by atoms with Crippen molar-refractivity contribution < 1.29 is 19.2 Å². The highest BCUT2D eigenvalue weighted by molar-refractivity contribution is 8.27. The molecule has 46 heavy (non-hydrogen) atoms. The number of nitrogens with zero attached hydrogens (tertiary/aromatic N) is 4. The van der Waals surface area contributed by atoms with Gasteiger partial charge < -0.3 is 9.80 Å². The Morgan fingerprint density at radius 2 is 1.04 bits per heavy atom. The summed E-state index contributed by atoms with van der Waals surface area (Å²) < 4.78 is 0.929. The molecule has 0 N–H and O–H groups in total. The van der Waals surface area contributed by atoms with Crippen LogP contribution in [-0.2, 0) is 19.2 Å². The van der Waals surface area contributed by atoms with Gasteiger partial charge in [0.25, 0.3) is 11.8 Å². The van der Waals surface area contributed by atoms with Crippen molar-refractivity contribution in [2.45, 2.75) is 25.7 Å². The van der Waals surface area contributed by atoms with Gasteiger partial charge in [-0.1, -0.05) is 108 Å². The molecule has 0 bridgehead atoms. The number of amides is 4. The SMILES string of the molecule is O=C(CCCN1C(=O)/C(=C/c2ccccc2Cl)SC1=S)N1CCN(C(=O)CCCN2C(=O)/C(=C/c3ccccc3Cl)SC2=S)CC1. The fourth-order valence-electron chi connectivity index (χ4n) is 5.15. The summed E-state index contributed by atoms with van der Waals surface area (Å²) in [4.78, 5) is 59.2. The normalized spacial score (nSPS) is 18.9. The van der Waals surface area contributed by atoms with E-state index in [-0.39, 0.29) is 36.5 Å². The van der Waals surface area contributed by atoms with E-state index >= 15 is 0 Å². The molecule has 0 aliphatic carbocycles. The Morgan fingerprint density at radius 3 is 1.41 bits per heavy atom. The number of piperazine rings is 1. The van der Waals surface area contributed by atoms with Gasteiger partial charge in [-0.3, -0.25) is 29.0 Å². The lowest BCUT2D eigenvalue weighted by atomic mass is 10.2. The van der Waals surface area contributed by atoms with Gasteiger partial charge >= 0.3 is 0 Å². The molecule has 3 heterocycles. The van der Waals surface area contributed by atoms with Crippen LogP contribution in [0.3, 0.4) is 0 Å². The smallest absolute Gasteiger partial charge is 0.266 e. The van der Waals surface area contributed by atoms with E-state index in [0.29, 0.717) is 80.6 Å². The molecule has 0 saturated carbocycles. The fraction of sp³-hybridized carbons (Fsp3) is 0.312. The lowest BCUT2D eigenvalue weighted by Gasteiger charge is -2.35. The summed E-state index contributed by atoms with van der Waals surface area (Å²) in [6.45, 7) is 2.52. The lowest BCUT2D eigenvalue weighted by Crippen LogP contribution is -2.50. The van der Waals surface area contributed by atoms with E-state index in [1.54, 1.807) is 34.1 Å². The molecule has 240 valence electrons. The Labute approximate surface area is 297 Å². The number of hydrogen-bond acceptors (Lipinski definition) is 8. The molecule has 8 nitrogen and oxygen atoms in total. The first-order chi connectivity index (χ1) is 22.1. The van der Waals surface area contributed by atoms with E-state index in [2.05, 4.69) is 0 Å². The van der Waals surface area contributed by atoms with Crippen molar-refractivity contribution >= 4 is 116 Å². The zero-order chi connectivity index (χ0) is 32.8. The number of halogens is 2. The van der Waals surface area contributed by atoms with Gasteiger partial charge in [0, 0.05) is 62.2 Å². The maximum atomic E-state index is 12.9. The molecule has 5 rings (SSSR count). The maximum Gasteiger partial charge on any atom is 0.266 e. The molecule has 0 unspecified atom stereocenters. The number of carbonyl (C=O) groups is 4. The monoisotopic (exact) mass is 732 g/mol. The molecule has 0 spiro atoms. The topological polar surface area (TPSA) is 81.2 Å². The fourth-order valence-corrected chi connectivity index (χ4v) is 8.13. The molecule has 0 aromatic heterocycles. The maximum absolute atomic E-state index is 12.9. The predicted octanol–water partition coefficient (Wildman–Crippen LogP) is 6.33. The zero-order valence-electron chi connectivity index (χ0n) is 24.7. The van der Waals surface area contributed by atoms with E-state index in [0.717, 1.165) is 11.1 Å². The quantitative estimate of drug-likeness (QED) is 0.207. The summed E-state index contributed by atoms with van der Waals surface area (Å²) in [5.74, 6) is -0.386. The Hall–Kier alpha value is -2.74. The van der Waals surface area contributed by atoms with E-state index in [1.165, 1.54) is 33.3 Å². The molecule has 0 radical (unpaired) electrons. The van der Waals surface area contributed by atoms with E-state index in [1.807, 2.05) is 36.4 Å². The molecular formula is C32H30Cl2N4O4S4. The van der Waals surface area contributed by atoms with E-state index in [4.69, 9.17) is 47.6 Å². The van der Waals surface area contributed by atoms with E-state index in [9.17, 15) is 19.2 Å². The zero-order valence-corrected chi connectivity index (χ0v) is 29.4. The standard InChI is InChI=1S/C32H30Cl2N4O4S4/c33-23-9-3-1-7-21(23)19-25-29(41)37(31(43)45-25)13-5-11-27(39)35-15-17-36(18-16-35)28(40)12-6-14-38-30(42)26(46-32(38)44)20-22-8-2-4-10-24(22)34/h1-4,7-10,19-20H,5-6,11-18H2/b25-19-,26-20-. The molecule has 3 fully saturated rings. The highest BCUT2D eigenvalue weighted by Crippen LogP contribution is 2.35. The number of hydrogen-bond donors (Lipinski definition) is 0. The van der Waals surface area contributed by atoms with Gasteiger partial charge in [0.15, 0.2) is 0 Å². The van der Waals surface area contributed by atoms with Crippen molar-refractivity contribution in [2.75, 3.05) is 39.3 Å². The van der Waals surface area contributed by atoms with Gasteiger partial charge in [-0.15, -0.1) is 0 Å². The summed E-state index contributed by atoms with van der Waals surface area (Å²) in [5.41, 5.74) is 1.50. The van der Waals surface area contributed by atoms with Gasteiger partial charge in [0.1, 0.15) is 8.64 Å². The molecule has 2 aromatic rings. The average Bonchev–Trinajstić information content (AvgIpc) is 3.47. The summed E-state index contributed by atoms with van der Waals surface area (Å²) in [6, 6.07) is 14.6. The van der Waals surface area contributed by atoms with Crippen LogP contribution in [-0.4, -0.2) is 91.1 Å². The number of carbonyl (C=O) groups excluding carboxylic acids is 4. The number of thiocarbonyl (C=S) groups is 2. The van der Waals surface area contributed by atoms with Crippen LogP contribution in [0.2, 0.25) is 10.0 Å². The first kappa shape index (κ1) is 34.6. The van der Waals surface area contributed by atoms with Gasteiger partial charge in [0.2, 0.25) is 11.8 Å².